The summed E-state index contributed by atoms with van der Waals surface area (Å²) in [4.78, 5) is 0. The maximum absolute atomic E-state index is 12.5. The second-order valence-electron chi connectivity index (χ2n) is 5.69. The van der Waals surface area contributed by atoms with Crippen molar-refractivity contribution < 1.29 is 13.5 Å². The van der Waals surface area contributed by atoms with Crippen molar-refractivity contribution >= 4 is 10.0 Å². The first-order valence-electron chi connectivity index (χ1n) is 7.14. The van der Waals surface area contributed by atoms with Gasteiger partial charge >= 0.3 is 0 Å². The fourth-order valence-corrected chi connectivity index (χ4v) is 4.48. The molecule has 1 aromatic rings. The van der Waals surface area contributed by atoms with Crippen LogP contribution in [0.25, 0.3) is 0 Å². The molecule has 0 spiro atoms. The number of piperidine rings is 1. The van der Waals surface area contributed by atoms with Crippen LogP contribution in [0, 0.1) is 5.41 Å². The van der Waals surface area contributed by atoms with E-state index in [-0.39, 0.29) is 17.8 Å². The number of hydrogen-bond donors (Lipinski definition) is 1. The van der Waals surface area contributed by atoms with Crippen LogP contribution in [0.1, 0.15) is 31.7 Å². The minimum atomic E-state index is -3.31. The minimum Gasteiger partial charge on any atom is -0.396 e. The first kappa shape index (κ1) is 15.5. The van der Waals surface area contributed by atoms with Gasteiger partial charge in [0.2, 0.25) is 10.0 Å². The van der Waals surface area contributed by atoms with Gasteiger partial charge in [0.1, 0.15) is 0 Å². The average molecular weight is 297 g/mol. The summed E-state index contributed by atoms with van der Waals surface area (Å²) >= 11 is 0. The third-order valence-corrected chi connectivity index (χ3v) is 6.09. The monoisotopic (exact) mass is 297 g/mol. The van der Waals surface area contributed by atoms with Gasteiger partial charge in [0.25, 0.3) is 0 Å². The van der Waals surface area contributed by atoms with Crippen LogP contribution >= 0.6 is 0 Å². The summed E-state index contributed by atoms with van der Waals surface area (Å²) in [7, 11) is -3.31. The van der Waals surface area contributed by atoms with Crippen molar-refractivity contribution in [1.29, 1.82) is 0 Å². The van der Waals surface area contributed by atoms with Crippen LogP contribution in [0.15, 0.2) is 30.3 Å². The zero-order valence-electron chi connectivity index (χ0n) is 12.0. The van der Waals surface area contributed by atoms with Gasteiger partial charge in [-0.1, -0.05) is 37.3 Å². The predicted octanol–water partition coefficient (Wildman–Crippen LogP) is 2.00. The molecular weight excluding hydrogens is 274 g/mol. The second kappa shape index (κ2) is 6.24. The largest absolute Gasteiger partial charge is 0.396 e. The van der Waals surface area contributed by atoms with Gasteiger partial charge in [0.15, 0.2) is 0 Å². The molecule has 0 aromatic heterocycles. The van der Waals surface area contributed by atoms with Gasteiger partial charge in [0, 0.05) is 25.1 Å². The Bertz CT molecular complexity index is 523. The smallest absolute Gasteiger partial charge is 0.218 e. The number of nitrogens with zero attached hydrogens (tertiary/aromatic N) is 1. The molecule has 0 radical (unpaired) electrons. The Morgan fingerprint density at radius 1 is 1.30 bits per heavy atom. The van der Waals surface area contributed by atoms with Crippen molar-refractivity contribution in [2.75, 3.05) is 19.7 Å². The molecule has 0 aliphatic carbocycles. The topological polar surface area (TPSA) is 57.6 Å². The number of rotatable bonds is 5. The molecule has 1 N–H and O–H groups in total. The van der Waals surface area contributed by atoms with E-state index in [1.54, 1.807) is 4.31 Å². The van der Waals surface area contributed by atoms with Crippen molar-refractivity contribution in [1.82, 2.24) is 4.31 Å². The van der Waals surface area contributed by atoms with Crippen molar-refractivity contribution in [3.05, 3.63) is 35.9 Å². The number of aliphatic hydroxyl groups excluding tert-OH is 1. The van der Waals surface area contributed by atoms with Crippen LogP contribution in [0.2, 0.25) is 0 Å². The zero-order chi connectivity index (χ0) is 14.6. The molecule has 1 unspecified atom stereocenters. The van der Waals surface area contributed by atoms with E-state index in [9.17, 15) is 13.5 Å². The van der Waals surface area contributed by atoms with Crippen LogP contribution in [0.3, 0.4) is 0 Å². The van der Waals surface area contributed by atoms with Crippen molar-refractivity contribution in [3.8, 4) is 0 Å². The van der Waals surface area contributed by atoms with Gasteiger partial charge in [-0.15, -0.1) is 0 Å². The molecule has 1 aliphatic rings. The molecule has 4 nitrogen and oxygen atoms in total. The second-order valence-corrected chi connectivity index (χ2v) is 7.66. The minimum absolute atomic E-state index is 0.0407. The van der Waals surface area contributed by atoms with Gasteiger partial charge in [-0.2, -0.15) is 0 Å². The summed E-state index contributed by atoms with van der Waals surface area (Å²) in [6, 6.07) is 9.25. The number of hydrogen-bond acceptors (Lipinski definition) is 3. The van der Waals surface area contributed by atoms with E-state index in [2.05, 4.69) is 0 Å². The molecule has 0 saturated carbocycles. The van der Waals surface area contributed by atoms with E-state index in [1.807, 2.05) is 37.3 Å². The van der Waals surface area contributed by atoms with E-state index in [0.29, 0.717) is 13.1 Å². The summed E-state index contributed by atoms with van der Waals surface area (Å²) in [5, 5.41) is 9.59. The fraction of sp³-hybridized carbons (Fsp3) is 0.600. The maximum atomic E-state index is 12.5. The van der Waals surface area contributed by atoms with E-state index in [4.69, 9.17) is 0 Å². The molecule has 1 aliphatic heterocycles. The lowest BCUT2D eigenvalue weighted by molar-refractivity contribution is 0.0608. The molecule has 1 fully saturated rings. The molecule has 20 heavy (non-hydrogen) atoms. The Morgan fingerprint density at radius 2 is 2.00 bits per heavy atom. The van der Waals surface area contributed by atoms with Crippen LogP contribution in [0.4, 0.5) is 0 Å². The molecule has 0 bridgehead atoms. The molecule has 1 aromatic carbocycles. The SMILES string of the molecule is CCC1(CO)CCCN(S(=O)(=O)Cc2ccccc2)C1. The lowest BCUT2D eigenvalue weighted by Crippen LogP contribution is -2.47. The van der Waals surface area contributed by atoms with Gasteiger partial charge in [0.05, 0.1) is 5.75 Å². The van der Waals surface area contributed by atoms with Crippen molar-refractivity contribution in [3.63, 3.8) is 0 Å². The van der Waals surface area contributed by atoms with E-state index in [1.165, 1.54) is 0 Å². The molecule has 1 saturated heterocycles. The molecule has 1 atom stereocenters. The van der Waals surface area contributed by atoms with Crippen molar-refractivity contribution in [2.45, 2.75) is 31.9 Å². The Hall–Kier alpha value is -0.910. The molecule has 1 heterocycles. The normalized spacial score (nSPS) is 24.7. The van der Waals surface area contributed by atoms with Gasteiger partial charge in [-0.3, -0.25) is 0 Å². The van der Waals surface area contributed by atoms with Gasteiger partial charge < -0.3 is 5.11 Å². The van der Waals surface area contributed by atoms with Crippen LogP contribution in [-0.4, -0.2) is 37.5 Å². The summed E-state index contributed by atoms with van der Waals surface area (Å²) in [6.45, 7) is 3.08. The van der Waals surface area contributed by atoms with Gasteiger partial charge in [-0.05, 0) is 24.8 Å². The Balaban J connectivity index is 2.13. The number of aliphatic hydroxyl groups is 1. The third-order valence-electron chi connectivity index (χ3n) is 4.30. The van der Waals surface area contributed by atoms with Crippen LogP contribution in [0.5, 0.6) is 0 Å². The van der Waals surface area contributed by atoms with Crippen LogP contribution < -0.4 is 0 Å². The lowest BCUT2D eigenvalue weighted by atomic mass is 9.79. The third kappa shape index (κ3) is 3.40. The molecule has 2 rings (SSSR count). The first-order chi connectivity index (χ1) is 9.51. The molecule has 5 heteroatoms. The summed E-state index contributed by atoms with van der Waals surface area (Å²) in [5.74, 6) is 0.0407. The average Bonchev–Trinajstić information content (AvgIpc) is 2.48. The predicted molar refractivity (Wildman–Crippen MR) is 79.7 cm³/mol. The highest BCUT2D eigenvalue weighted by molar-refractivity contribution is 7.88. The number of benzene rings is 1. The zero-order valence-corrected chi connectivity index (χ0v) is 12.8. The van der Waals surface area contributed by atoms with Crippen molar-refractivity contribution in [2.24, 2.45) is 5.41 Å². The Morgan fingerprint density at radius 3 is 2.60 bits per heavy atom. The van der Waals surface area contributed by atoms with E-state index >= 15 is 0 Å². The number of sulfonamides is 1. The summed E-state index contributed by atoms with van der Waals surface area (Å²) in [6.07, 6.45) is 2.53. The molecular formula is C15H23NO3S. The molecule has 0 amide bonds. The summed E-state index contributed by atoms with van der Waals surface area (Å²) < 4.78 is 26.6. The highest BCUT2D eigenvalue weighted by Gasteiger charge is 2.37. The Kier molecular flexibility index (Phi) is 4.83. The lowest BCUT2D eigenvalue weighted by Gasteiger charge is -2.40. The first-order valence-corrected chi connectivity index (χ1v) is 8.75. The molecule has 112 valence electrons. The van der Waals surface area contributed by atoms with E-state index in [0.717, 1.165) is 24.8 Å². The van der Waals surface area contributed by atoms with E-state index < -0.39 is 10.0 Å². The standard InChI is InChI=1S/C15H23NO3S/c1-2-15(13-17)9-6-10-16(12-15)20(18,19)11-14-7-4-3-5-8-14/h3-5,7-8,17H,2,6,9-13H2,1H3. The summed E-state index contributed by atoms with van der Waals surface area (Å²) in [5.41, 5.74) is 0.548. The fourth-order valence-electron chi connectivity index (χ4n) is 2.81. The van der Waals surface area contributed by atoms with Gasteiger partial charge in [-0.25, -0.2) is 12.7 Å². The highest BCUT2D eigenvalue weighted by atomic mass is 32.2. The Labute approximate surface area is 121 Å². The highest BCUT2D eigenvalue weighted by Crippen LogP contribution is 2.34. The maximum Gasteiger partial charge on any atom is 0.218 e. The van der Waals surface area contributed by atoms with Crippen LogP contribution in [-0.2, 0) is 15.8 Å². The quantitative estimate of drug-likeness (QED) is 0.904.